The van der Waals surface area contributed by atoms with Gasteiger partial charge in [0.1, 0.15) is 0 Å². The average Bonchev–Trinajstić information content (AvgIpc) is 2.25. The summed E-state index contributed by atoms with van der Waals surface area (Å²) in [6.45, 7) is 1.11. The van der Waals surface area contributed by atoms with E-state index in [0.717, 1.165) is 19.0 Å². The minimum absolute atomic E-state index is 0.184. The Morgan fingerprint density at radius 1 is 1.31 bits per heavy atom. The van der Waals surface area contributed by atoms with E-state index in [1.165, 1.54) is 24.8 Å². The normalized spacial score (nSPS) is 18.4. The van der Waals surface area contributed by atoms with Gasteiger partial charge in [0.05, 0.1) is 0 Å². The Balaban J connectivity index is 1.77. The van der Waals surface area contributed by atoms with Crippen LogP contribution >= 0.6 is 0 Å². The molecule has 1 aliphatic carbocycles. The topological polar surface area (TPSA) is 29.3 Å². The van der Waals surface area contributed by atoms with Crippen molar-refractivity contribution in [2.75, 3.05) is 13.6 Å². The van der Waals surface area contributed by atoms with Crippen LogP contribution in [0.3, 0.4) is 0 Å². The standard InChI is InChI=1S/C14H22N2/c1-16(13-8-5-9-13)11-10-14(15)12-6-3-2-4-7-12/h2-4,6-7,13-14H,5,8-11,15H2,1H3. The maximum Gasteiger partial charge on any atom is 0.0307 e. The van der Waals surface area contributed by atoms with Gasteiger partial charge in [-0.3, -0.25) is 0 Å². The highest BCUT2D eigenvalue weighted by atomic mass is 15.1. The van der Waals surface area contributed by atoms with E-state index in [1.54, 1.807) is 0 Å². The van der Waals surface area contributed by atoms with Crippen molar-refractivity contribution in [3.63, 3.8) is 0 Å². The Labute approximate surface area is 98.4 Å². The van der Waals surface area contributed by atoms with E-state index < -0.39 is 0 Å². The number of hydrogen-bond acceptors (Lipinski definition) is 2. The van der Waals surface area contributed by atoms with E-state index in [1.807, 2.05) is 6.07 Å². The molecular formula is C14H22N2. The lowest BCUT2D eigenvalue weighted by Crippen LogP contribution is -2.38. The third-order valence-corrected chi connectivity index (χ3v) is 3.72. The van der Waals surface area contributed by atoms with Crippen LogP contribution in [0.1, 0.15) is 37.3 Å². The Morgan fingerprint density at radius 2 is 2.00 bits per heavy atom. The molecule has 1 saturated carbocycles. The summed E-state index contributed by atoms with van der Waals surface area (Å²) in [5.74, 6) is 0. The highest BCUT2D eigenvalue weighted by Crippen LogP contribution is 2.24. The van der Waals surface area contributed by atoms with Crippen molar-refractivity contribution in [2.45, 2.75) is 37.8 Å². The van der Waals surface area contributed by atoms with Crippen LogP contribution in [0.15, 0.2) is 30.3 Å². The second kappa shape index (κ2) is 5.46. The number of benzene rings is 1. The predicted molar refractivity (Wildman–Crippen MR) is 68.3 cm³/mol. The number of rotatable bonds is 5. The van der Waals surface area contributed by atoms with Crippen molar-refractivity contribution in [1.29, 1.82) is 0 Å². The molecule has 0 radical (unpaired) electrons. The summed E-state index contributed by atoms with van der Waals surface area (Å²) in [7, 11) is 2.22. The van der Waals surface area contributed by atoms with Crippen LogP contribution in [-0.4, -0.2) is 24.5 Å². The monoisotopic (exact) mass is 218 g/mol. The Morgan fingerprint density at radius 3 is 2.56 bits per heavy atom. The van der Waals surface area contributed by atoms with E-state index in [2.05, 4.69) is 36.2 Å². The Bertz CT molecular complexity index is 306. The lowest BCUT2D eigenvalue weighted by Gasteiger charge is -2.35. The van der Waals surface area contributed by atoms with Crippen LogP contribution in [0.5, 0.6) is 0 Å². The van der Waals surface area contributed by atoms with Crippen molar-refractivity contribution in [3.8, 4) is 0 Å². The molecule has 1 aromatic carbocycles. The fourth-order valence-corrected chi connectivity index (χ4v) is 2.22. The van der Waals surface area contributed by atoms with E-state index in [9.17, 15) is 0 Å². The van der Waals surface area contributed by atoms with E-state index in [0.29, 0.717) is 0 Å². The van der Waals surface area contributed by atoms with Crippen molar-refractivity contribution < 1.29 is 0 Å². The smallest absolute Gasteiger partial charge is 0.0307 e. The van der Waals surface area contributed by atoms with E-state index in [-0.39, 0.29) is 6.04 Å². The molecule has 0 heterocycles. The molecule has 0 spiro atoms. The molecule has 1 aliphatic rings. The summed E-state index contributed by atoms with van der Waals surface area (Å²) in [4.78, 5) is 2.46. The molecule has 1 unspecified atom stereocenters. The molecule has 2 rings (SSSR count). The van der Waals surface area contributed by atoms with E-state index in [4.69, 9.17) is 5.73 Å². The number of nitrogens with zero attached hydrogens (tertiary/aromatic N) is 1. The van der Waals surface area contributed by atoms with Crippen LogP contribution in [0.4, 0.5) is 0 Å². The molecule has 1 fully saturated rings. The maximum absolute atomic E-state index is 6.18. The second-order valence-electron chi connectivity index (χ2n) is 4.87. The van der Waals surface area contributed by atoms with Crippen LogP contribution in [-0.2, 0) is 0 Å². The van der Waals surface area contributed by atoms with Gasteiger partial charge in [-0.05, 0) is 38.4 Å². The summed E-state index contributed by atoms with van der Waals surface area (Å²) < 4.78 is 0. The van der Waals surface area contributed by atoms with Crippen LogP contribution in [0.2, 0.25) is 0 Å². The van der Waals surface area contributed by atoms with Crippen molar-refractivity contribution >= 4 is 0 Å². The quantitative estimate of drug-likeness (QED) is 0.823. The molecule has 1 atom stereocenters. The van der Waals surface area contributed by atoms with Gasteiger partial charge in [-0.25, -0.2) is 0 Å². The summed E-state index contributed by atoms with van der Waals surface area (Å²) in [6, 6.07) is 11.4. The minimum Gasteiger partial charge on any atom is -0.324 e. The first-order chi connectivity index (χ1) is 7.77. The van der Waals surface area contributed by atoms with Gasteiger partial charge < -0.3 is 10.6 Å². The third kappa shape index (κ3) is 2.83. The summed E-state index contributed by atoms with van der Waals surface area (Å²) in [5, 5.41) is 0. The SMILES string of the molecule is CN(CCC(N)c1ccccc1)C1CCC1. The first-order valence-corrected chi connectivity index (χ1v) is 6.28. The number of hydrogen-bond donors (Lipinski definition) is 1. The highest BCUT2D eigenvalue weighted by molar-refractivity contribution is 5.18. The van der Waals surface area contributed by atoms with Gasteiger partial charge in [-0.15, -0.1) is 0 Å². The molecule has 2 N–H and O–H groups in total. The van der Waals surface area contributed by atoms with Gasteiger partial charge in [0, 0.05) is 12.1 Å². The second-order valence-corrected chi connectivity index (χ2v) is 4.87. The van der Waals surface area contributed by atoms with Gasteiger partial charge in [0.15, 0.2) is 0 Å². The molecule has 0 amide bonds. The highest BCUT2D eigenvalue weighted by Gasteiger charge is 2.21. The molecule has 1 aromatic rings. The first kappa shape index (κ1) is 11.6. The minimum atomic E-state index is 0.184. The van der Waals surface area contributed by atoms with Crippen molar-refractivity contribution in [2.24, 2.45) is 5.73 Å². The van der Waals surface area contributed by atoms with Gasteiger partial charge in [-0.2, -0.15) is 0 Å². The zero-order valence-electron chi connectivity index (χ0n) is 10.1. The Hall–Kier alpha value is -0.860. The van der Waals surface area contributed by atoms with Crippen LogP contribution in [0.25, 0.3) is 0 Å². The van der Waals surface area contributed by atoms with Gasteiger partial charge in [-0.1, -0.05) is 36.8 Å². The largest absolute Gasteiger partial charge is 0.324 e. The lowest BCUT2D eigenvalue weighted by molar-refractivity contribution is 0.155. The fraction of sp³-hybridized carbons (Fsp3) is 0.571. The molecule has 2 heteroatoms. The summed E-state index contributed by atoms with van der Waals surface area (Å²) >= 11 is 0. The molecule has 0 aliphatic heterocycles. The molecule has 0 saturated heterocycles. The zero-order valence-corrected chi connectivity index (χ0v) is 10.1. The van der Waals surface area contributed by atoms with Crippen LogP contribution in [0, 0.1) is 0 Å². The predicted octanol–water partition coefficient (Wildman–Crippen LogP) is 2.56. The molecular weight excluding hydrogens is 196 g/mol. The van der Waals surface area contributed by atoms with E-state index >= 15 is 0 Å². The summed E-state index contributed by atoms with van der Waals surface area (Å²) in [6.07, 6.45) is 5.20. The maximum atomic E-state index is 6.18. The van der Waals surface area contributed by atoms with Gasteiger partial charge in [0.25, 0.3) is 0 Å². The fourth-order valence-electron chi connectivity index (χ4n) is 2.22. The average molecular weight is 218 g/mol. The lowest BCUT2D eigenvalue weighted by atomic mass is 9.91. The zero-order chi connectivity index (χ0) is 11.4. The molecule has 2 nitrogen and oxygen atoms in total. The van der Waals surface area contributed by atoms with Crippen LogP contribution < -0.4 is 5.73 Å². The van der Waals surface area contributed by atoms with Gasteiger partial charge >= 0.3 is 0 Å². The molecule has 0 aromatic heterocycles. The summed E-state index contributed by atoms with van der Waals surface area (Å²) in [5.41, 5.74) is 7.43. The third-order valence-electron chi connectivity index (χ3n) is 3.72. The molecule has 0 bridgehead atoms. The van der Waals surface area contributed by atoms with Gasteiger partial charge in [0.2, 0.25) is 0 Å². The molecule has 88 valence electrons. The first-order valence-electron chi connectivity index (χ1n) is 6.28. The molecule has 16 heavy (non-hydrogen) atoms. The van der Waals surface area contributed by atoms with Crippen molar-refractivity contribution in [1.82, 2.24) is 4.90 Å². The Kier molecular flexibility index (Phi) is 3.97. The van der Waals surface area contributed by atoms with Crippen molar-refractivity contribution in [3.05, 3.63) is 35.9 Å². The number of nitrogens with two attached hydrogens (primary N) is 1.